The van der Waals surface area contributed by atoms with Crippen LogP contribution in [-0.4, -0.2) is 38.3 Å². The number of hydrogen-bond acceptors (Lipinski definition) is 4. The maximum absolute atomic E-state index is 12.2. The van der Waals surface area contributed by atoms with E-state index in [4.69, 9.17) is 9.47 Å². The molecule has 1 amide bonds. The molecule has 0 saturated heterocycles. The second-order valence-corrected chi connectivity index (χ2v) is 6.43. The van der Waals surface area contributed by atoms with Crippen LogP contribution in [0.5, 0.6) is 11.5 Å². The Morgan fingerprint density at radius 1 is 1.03 bits per heavy atom. The minimum absolute atomic E-state index is 0. The summed E-state index contributed by atoms with van der Waals surface area (Å²) in [5.41, 5.74) is 2.77. The molecule has 0 spiro atoms. The van der Waals surface area contributed by atoms with E-state index in [0.717, 1.165) is 29.2 Å². The molecule has 0 saturated carbocycles. The van der Waals surface area contributed by atoms with E-state index in [-0.39, 0.29) is 36.7 Å². The standard InChI is InChI=1S/C21H26N4O3.HI/c1-3-22-21(25-13-16-7-8-18-19(12-16)28-14-27-18)24-10-9-23-20(26)17-6-4-5-15(2)11-17;/h4-8,11-12H,3,9-10,13-14H2,1-2H3,(H,23,26)(H2,22,24,25);1H. The lowest BCUT2D eigenvalue weighted by Crippen LogP contribution is -2.41. The van der Waals surface area contributed by atoms with Crippen molar-refractivity contribution in [3.05, 3.63) is 59.2 Å². The predicted octanol–water partition coefficient (Wildman–Crippen LogP) is 2.83. The van der Waals surface area contributed by atoms with Crippen LogP contribution >= 0.6 is 24.0 Å². The third kappa shape index (κ3) is 6.81. The van der Waals surface area contributed by atoms with Gasteiger partial charge in [0.05, 0.1) is 6.54 Å². The highest BCUT2D eigenvalue weighted by atomic mass is 127. The van der Waals surface area contributed by atoms with Crippen LogP contribution in [0.4, 0.5) is 0 Å². The van der Waals surface area contributed by atoms with Crippen LogP contribution in [-0.2, 0) is 6.54 Å². The molecule has 0 bridgehead atoms. The number of nitrogens with zero attached hydrogens (tertiary/aromatic N) is 1. The Balaban J connectivity index is 0.00000300. The summed E-state index contributed by atoms with van der Waals surface area (Å²) in [7, 11) is 0. The summed E-state index contributed by atoms with van der Waals surface area (Å²) in [4.78, 5) is 16.7. The van der Waals surface area contributed by atoms with Crippen molar-refractivity contribution in [3.8, 4) is 11.5 Å². The lowest BCUT2D eigenvalue weighted by molar-refractivity contribution is 0.0954. The number of fused-ring (bicyclic) bond motifs is 1. The van der Waals surface area contributed by atoms with Gasteiger partial charge in [-0.2, -0.15) is 0 Å². The summed E-state index contributed by atoms with van der Waals surface area (Å²) < 4.78 is 10.7. The van der Waals surface area contributed by atoms with Crippen LogP contribution in [0.2, 0.25) is 0 Å². The Morgan fingerprint density at radius 3 is 2.62 bits per heavy atom. The summed E-state index contributed by atoms with van der Waals surface area (Å²) in [5, 5.41) is 9.34. The van der Waals surface area contributed by atoms with E-state index >= 15 is 0 Å². The minimum atomic E-state index is -0.0761. The van der Waals surface area contributed by atoms with Gasteiger partial charge in [-0.1, -0.05) is 23.8 Å². The van der Waals surface area contributed by atoms with E-state index in [2.05, 4.69) is 20.9 Å². The summed E-state index contributed by atoms with van der Waals surface area (Å²) in [6.07, 6.45) is 0. The van der Waals surface area contributed by atoms with Crippen LogP contribution in [0.15, 0.2) is 47.5 Å². The summed E-state index contributed by atoms with van der Waals surface area (Å²) in [6, 6.07) is 13.4. The summed E-state index contributed by atoms with van der Waals surface area (Å²) >= 11 is 0. The molecule has 0 aromatic heterocycles. The maximum Gasteiger partial charge on any atom is 0.251 e. The van der Waals surface area contributed by atoms with Gasteiger partial charge < -0.3 is 25.4 Å². The Bertz CT molecular complexity index is 858. The van der Waals surface area contributed by atoms with Gasteiger partial charge in [-0.15, -0.1) is 24.0 Å². The topological polar surface area (TPSA) is 84.0 Å². The van der Waals surface area contributed by atoms with Crippen LogP contribution in [0.1, 0.15) is 28.4 Å². The molecule has 2 aromatic carbocycles. The van der Waals surface area contributed by atoms with Crippen LogP contribution < -0.4 is 25.4 Å². The number of aliphatic imine (C=N–C) groups is 1. The number of amides is 1. The highest BCUT2D eigenvalue weighted by Gasteiger charge is 2.13. The molecule has 1 aliphatic heterocycles. The molecule has 0 aliphatic carbocycles. The number of benzene rings is 2. The number of halogens is 1. The first kappa shape index (κ1) is 22.8. The number of carbonyl (C=O) groups excluding carboxylic acids is 1. The smallest absolute Gasteiger partial charge is 0.251 e. The highest BCUT2D eigenvalue weighted by Crippen LogP contribution is 2.32. The van der Waals surface area contributed by atoms with Crippen molar-refractivity contribution in [2.24, 2.45) is 4.99 Å². The van der Waals surface area contributed by atoms with E-state index < -0.39 is 0 Å². The van der Waals surface area contributed by atoms with Gasteiger partial charge in [0.25, 0.3) is 5.91 Å². The number of ether oxygens (including phenoxy) is 2. The van der Waals surface area contributed by atoms with E-state index in [1.165, 1.54) is 0 Å². The zero-order valence-electron chi connectivity index (χ0n) is 16.7. The molecule has 0 atom stereocenters. The lowest BCUT2D eigenvalue weighted by atomic mass is 10.1. The molecule has 1 heterocycles. The zero-order valence-corrected chi connectivity index (χ0v) is 19.0. The van der Waals surface area contributed by atoms with Crippen molar-refractivity contribution in [3.63, 3.8) is 0 Å². The SMILES string of the molecule is CCNC(=NCc1ccc2c(c1)OCO2)NCCNC(=O)c1cccc(C)c1.I. The summed E-state index contributed by atoms with van der Waals surface area (Å²) in [5.74, 6) is 2.14. The average Bonchev–Trinajstić information content (AvgIpc) is 3.17. The molecule has 0 unspecified atom stereocenters. The number of nitrogens with one attached hydrogen (secondary N) is 3. The minimum Gasteiger partial charge on any atom is -0.454 e. The fourth-order valence-electron chi connectivity index (χ4n) is 2.80. The molecule has 3 N–H and O–H groups in total. The van der Waals surface area contributed by atoms with Crippen LogP contribution in [0, 0.1) is 6.92 Å². The van der Waals surface area contributed by atoms with E-state index in [0.29, 0.717) is 31.2 Å². The van der Waals surface area contributed by atoms with Crippen molar-refractivity contribution >= 4 is 35.8 Å². The number of hydrogen-bond donors (Lipinski definition) is 3. The fourth-order valence-corrected chi connectivity index (χ4v) is 2.80. The van der Waals surface area contributed by atoms with E-state index in [9.17, 15) is 4.79 Å². The van der Waals surface area contributed by atoms with Gasteiger partial charge in [0, 0.05) is 25.2 Å². The molecule has 8 heteroatoms. The monoisotopic (exact) mass is 510 g/mol. The van der Waals surface area contributed by atoms with E-state index in [1.54, 1.807) is 0 Å². The third-order valence-corrected chi connectivity index (χ3v) is 4.18. The molecular weight excluding hydrogens is 483 g/mol. The maximum atomic E-state index is 12.2. The molecule has 2 aromatic rings. The molecular formula is C21H27IN4O3. The normalized spacial score (nSPS) is 12.1. The molecule has 3 rings (SSSR count). The van der Waals surface area contributed by atoms with Crippen LogP contribution in [0.3, 0.4) is 0 Å². The van der Waals surface area contributed by atoms with Gasteiger partial charge in [0.15, 0.2) is 17.5 Å². The lowest BCUT2D eigenvalue weighted by Gasteiger charge is -2.12. The first-order valence-electron chi connectivity index (χ1n) is 9.41. The Labute approximate surface area is 188 Å². The van der Waals surface area contributed by atoms with Gasteiger partial charge in [-0.05, 0) is 43.7 Å². The molecule has 0 fully saturated rings. The Kier molecular flexibility index (Phi) is 9.04. The van der Waals surface area contributed by atoms with Crippen molar-refractivity contribution in [2.45, 2.75) is 20.4 Å². The van der Waals surface area contributed by atoms with Gasteiger partial charge in [-0.25, -0.2) is 4.99 Å². The summed E-state index contributed by atoms with van der Waals surface area (Å²) in [6.45, 7) is 6.59. The average molecular weight is 510 g/mol. The van der Waals surface area contributed by atoms with Crippen LogP contribution in [0.25, 0.3) is 0 Å². The number of aryl methyl sites for hydroxylation is 1. The molecule has 29 heavy (non-hydrogen) atoms. The predicted molar refractivity (Wildman–Crippen MR) is 124 cm³/mol. The third-order valence-electron chi connectivity index (χ3n) is 4.18. The first-order chi connectivity index (χ1) is 13.7. The number of carbonyl (C=O) groups is 1. The first-order valence-corrected chi connectivity index (χ1v) is 9.41. The van der Waals surface area contributed by atoms with Crippen molar-refractivity contribution in [1.29, 1.82) is 0 Å². The quantitative estimate of drug-likeness (QED) is 0.231. The highest BCUT2D eigenvalue weighted by molar-refractivity contribution is 14.0. The molecule has 7 nitrogen and oxygen atoms in total. The van der Waals surface area contributed by atoms with Gasteiger partial charge in [-0.3, -0.25) is 4.79 Å². The number of rotatable bonds is 7. The molecule has 1 aliphatic rings. The second kappa shape index (κ2) is 11.5. The van der Waals surface area contributed by atoms with Crippen molar-refractivity contribution in [2.75, 3.05) is 26.4 Å². The van der Waals surface area contributed by atoms with Crippen molar-refractivity contribution in [1.82, 2.24) is 16.0 Å². The second-order valence-electron chi connectivity index (χ2n) is 6.43. The van der Waals surface area contributed by atoms with Gasteiger partial charge in [0.1, 0.15) is 0 Å². The van der Waals surface area contributed by atoms with Gasteiger partial charge >= 0.3 is 0 Å². The molecule has 0 radical (unpaired) electrons. The Morgan fingerprint density at radius 2 is 1.83 bits per heavy atom. The Hall–Kier alpha value is -2.49. The largest absolute Gasteiger partial charge is 0.454 e. The zero-order chi connectivity index (χ0) is 19.8. The number of guanidine groups is 1. The fraction of sp³-hybridized carbons (Fsp3) is 0.333. The van der Waals surface area contributed by atoms with Gasteiger partial charge in [0.2, 0.25) is 6.79 Å². The molecule has 156 valence electrons. The van der Waals surface area contributed by atoms with Crippen molar-refractivity contribution < 1.29 is 14.3 Å². The van der Waals surface area contributed by atoms with E-state index in [1.807, 2.05) is 56.3 Å².